The van der Waals surface area contributed by atoms with Gasteiger partial charge in [0, 0.05) is 42.8 Å². The van der Waals surface area contributed by atoms with Crippen LogP contribution in [0.2, 0.25) is 0 Å². The molecule has 16 atom stereocenters. The number of fused-ring (bicyclic) bond motifs is 2. The second-order valence-electron chi connectivity index (χ2n) is 19.9. The van der Waals surface area contributed by atoms with E-state index >= 15 is 0 Å². The van der Waals surface area contributed by atoms with Crippen molar-refractivity contribution in [1.82, 2.24) is 58.1 Å². The molecule has 4 saturated heterocycles. The van der Waals surface area contributed by atoms with Crippen molar-refractivity contribution in [2.45, 2.75) is 114 Å². The monoisotopic (exact) mass is 1430 g/mol. The molecule has 0 spiro atoms. The number of rotatable bonds is 22. The summed E-state index contributed by atoms with van der Waals surface area (Å²) in [6, 6.07) is 0. The van der Waals surface area contributed by atoms with E-state index in [-0.39, 0.29) is 196 Å². The Kier molecular flexibility index (Phi) is 27.4. The largest absolute Gasteiger partial charge is 1.00 e. The Labute approximate surface area is 610 Å². The molecule has 10 heterocycles. The molecule has 0 saturated carbocycles. The number of aromatic amines is 3. The third-order valence-electron chi connectivity index (χ3n) is 13.9. The Hall–Kier alpha value is -0.380. The fraction of sp³-hybridized carbons (Fsp3) is 0.561. The SMILES string of the molecule is Cc1cn([C@H]2C[C@H](OP([O-])(=S)OC[C@H]3O[C@@H](n4cc(C)c(=O)[nH]c4=O)C[C@@H]3OP([O-])(=S)OC[C@H]3O[C@@H](n4cnc5c(=O)[nH]c(N)nc54)C[C@@H]3OP([O-])(=S)OC[C@H]3O[C@@H](n4cnc5c(=O)[nH]c(N)nc54)C[C@@H]3C)[C@@H](COP([O-])(O)=S)O2)c(=O)nc1N.[Na+].[Na+].[Na+].[Na+]. The predicted octanol–water partition coefficient (Wildman–Crippen LogP) is -15.2. The van der Waals surface area contributed by atoms with Gasteiger partial charge in [0.15, 0.2) is 22.3 Å². The minimum atomic E-state index is -4.79. The van der Waals surface area contributed by atoms with Crippen molar-refractivity contribution in [2.75, 3.05) is 43.6 Å². The summed E-state index contributed by atoms with van der Waals surface area (Å²) in [5.74, 6) is -0.684. The molecule has 6 aromatic heterocycles. The number of aryl methyl sites for hydroxylation is 2. The maximum atomic E-state index is 14.4. The van der Waals surface area contributed by atoms with Crippen LogP contribution in [0.4, 0.5) is 17.7 Å². The minimum absolute atomic E-state index is 0. The number of nitrogen functional groups attached to an aromatic ring is 3. The summed E-state index contributed by atoms with van der Waals surface area (Å²) in [6.45, 7) is -16.3. The van der Waals surface area contributed by atoms with Gasteiger partial charge in [0.1, 0.15) is 75.9 Å². The predicted molar refractivity (Wildman–Crippen MR) is 300 cm³/mol. The number of nitrogens with zero attached hydrogens (tertiary/aromatic N) is 9. The molecule has 0 aliphatic carbocycles. The average molecular weight is 1430 g/mol. The summed E-state index contributed by atoms with van der Waals surface area (Å²) in [5.41, 5.74) is 14.3. The Morgan fingerprint density at radius 1 is 0.562 bits per heavy atom. The van der Waals surface area contributed by atoms with Gasteiger partial charge in [0.05, 0.1) is 63.5 Å². The molecule has 89 heavy (non-hydrogen) atoms. The number of H-pyrrole nitrogens is 3. The first-order valence-corrected chi connectivity index (χ1v) is 35.5. The number of nitrogens with one attached hydrogen (secondary N) is 3. The fourth-order valence-corrected chi connectivity index (χ4v) is 14.7. The standard InChI is InChI=1S/C41H55N15O21P4S4.4Na/c1-16-4-26(55-14-45-30-33(55)48-38(43)50-36(30)58)71-22(16)10-68-79(64,83)77-21-7-29(56-15-46-31-34(56)49-39(44)51-37(31)59)74-25(21)13-70-81(66,85)76-20-6-28(54-9-18(3)35(57)52-41(54)61)73-24(20)12-69-80(65,84)75-19-5-27(72-23(19)11-67-78(62,63)82)53-8-17(2)32(42)47-40(53)60;;;;/h8-9,14-16,19-29H,4-7,10-13H2,1-3H3,(H,64,83)(H,65,84)(H,66,85)(H2,42,47,60)(H,52,57,61)(H2,62,63,82)(H3,43,48,50,58)(H3,44,49,51,59);;;;/q;4*+1/p-4/t16-,19-,20-,21-,22+,23+,24+,25+,26+,27+,28+,29+,79?,80?,81?;;;;/m0..../s1. The third-order valence-corrected chi connectivity index (χ3v) is 19.4. The quantitative estimate of drug-likeness (QED) is 0.0245. The van der Waals surface area contributed by atoms with Crippen LogP contribution in [0.3, 0.4) is 0 Å². The first-order chi connectivity index (χ1) is 39.9. The van der Waals surface area contributed by atoms with Crippen LogP contribution >= 0.6 is 26.9 Å². The molecule has 4 aliphatic rings. The van der Waals surface area contributed by atoms with E-state index < -0.39 is 142 Å². The van der Waals surface area contributed by atoms with Gasteiger partial charge in [0.2, 0.25) is 11.9 Å². The summed E-state index contributed by atoms with van der Waals surface area (Å²) in [7, 11) is 0. The Bertz CT molecular complexity index is 4070. The molecule has 4 unspecified atom stereocenters. The molecule has 0 aromatic carbocycles. The number of anilines is 3. The van der Waals surface area contributed by atoms with Crippen LogP contribution in [0, 0.1) is 19.8 Å². The van der Waals surface area contributed by atoms with Gasteiger partial charge in [-0.05, 0) is 26.2 Å². The van der Waals surface area contributed by atoms with E-state index in [2.05, 4.69) is 51.7 Å². The van der Waals surface area contributed by atoms with Gasteiger partial charge in [-0.3, -0.25) is 47.6 Å². The van der Waals surface area contributed by atoms with E-state index in [9.17, 15) is 48.4 Å². The van der Waals surface area contributed by atoms with Crippen molar-refractivity contribution in [3.05, 3.63) is 88.2 Å². The third kappa shape index (κ3) is 18.8. The smallest absolute Gasteiger partial charge is 0.780 e. The van der Waals surface area contributed by atoms with E-state index in [1.165, 1.54) is 41.1 Å². The fourth-order valence-electron chi connectivity index (χ4n) is 9.78. The van der Waals surface area contributed by atoms with Crippen molar-refractivity contribution in [2.24, 2.45) is 5.92 Å². The second kappa shape index (κ2) is 31.4. The maximum Gasteiger partial charge on any atom is 1.00 e. The van der Waals surface area contributed by atoms with Crippen LogP contribution in [-0.4, -0.2) is 132 Å². The molecule has 0 bridgehead atoms. The molecule has 10 N–H and O–H groups in total. The number of ether oxygens (including phenoxy) is 4. The number of imidazole rings is 2. The van der Waals surface area contributed by atoms with Gasteiger partial charge in [-0.2, -0.15) is 15.0 Å². The number of hydrogen-bond acceptors (Lipinski definition) is 32. The molecule has 464 valence electrons. The first kappa shape index (κ1) is 77.6. The van der Waals surface area contributed by atoms with Gasteiger partial charge in [0.25, 0.3) is 16.7 Å². The van der Waals surface area contributed by atoms with Crippen LogP contribution < -0.4 is 183 Å². The zero-order valence-corrected chi connectivity index (χ0v) is 63.0. The number of hydrogen-bond donors (Lipinski definition) is 7. The van der Waals surface area contributed by atoms with Gasteiger partial charge >= 0.3 is 130 Å². The Morgan fingerprint density at radius 3 is 1.39 bits per heavy atom. The van der Waals surface area contributed by atoms with Crippen molar-refractivity contribution in [3.63, 3.8) is 0 Å². The normalized spacial score (nSPS) is 27.8. The topological polar surface area (TPSA) is 509 Å². The molecular weight excluding hydrogens is 1380 g/mol. The average Bonchev–Trinajstić information content (AvgIpc) is 2.22. The minimum Gasteiger partial charge on any atom is -0.780 e. The van der Waals surface area contributed by atoms with Crippen LogP contribution in [0.25, 0.3) is 22.3 Å². The number of aromatic nitrogens is 12. The Balaban J connectivity index is 0.00000316. The zero-order valence-electron chi connectivity index (χ0n) is 48.2. The van der Waals surface area contributed by atoms with E-state index in [0.717, 1.165) is 9.13 Å². The van der Waals surface area contributed by atoms with E-state index in [4.69, 9.17) is 103 Å². The molecular formula is C41H51N15Na4O21P4S4. The molecule has 0 radical (unpaired) electrons. The molecule has 4 aliphatic heterocycles. The van der Waals surface area contributed by atoms with Gasteiger partial charge in [-0.15, -0.1) is 0 Å². The zero-order chi connectivity index (χ0) is 61.2. The van der Waals surface area contributed by atoms with Crippen LogP contribution in [0.5, 0.6) is 0 Å². The van der Waals surface area contributed by atoms with Gasteiger partial charge in [-0.1, -0.05) is 54.2 Å². The summed E-state index contributed by atoms with van der Waals surface area (Å²) < 4.78 is 69.1. The van der Waals surface area contributed by atoms with Crippen LogP contribution in [-0.2, 0) is 97.8 Å². The van der Waals surface area contributed by atoms with Crippen molar-refractivity contribution >= 4 is 114 Å². The van der Waals surface area contributed by atoms with E-state index in [0.29, 0.717) is 12.0 Å². The molecule has 48 heteroatoms. The summed E-state index contributed by atoms with van der Waals surface area (Å²) in [5, 5.41) is 0. The van der Waals surface area contributed by atoms with Crippen LogP contribution in [0.1, 0.15) is 68.6 Å². The van der Waals surface area contributed by atoms with Gasteiger partial charge in [-0.25, -0.2) is 19.6 Å². The summed E-state index contributed by atoms with van der Waals surface area (Å²) >= 11 is 20.5. The number of nitrogens with two attached hydrogens (primary N) is 3. The summed E-state index contributed by atoms with van der Waals surface area (Å²) in [6.07, 6.45) is -8.60. The molecule has 6 aromatic rings. The molecule has 4 fully saturated rings. The van der Waals surface area contributed by atoms with Crippen molar-refractivity contribution < 1.29 is 193 Å². The van der Waals surface area contributed by atoms with Crippen molar-refractivity contribution in [1.29, 1.82) is 0 Å². The van der Waals surface area contributed by atoms with Crippen molar-refractivity contribution in [3.8, 4) is 0 Å². The first-order valence-electron chi connectivity index (χ1n) is 25.2. The maximum absolute atomic E-state index is 14.4. The molecule has 10 rings (SSSR count). The molecule has 0 amide bonds. The summed E-state index contributed by atoms with van der Waals surface area (Å²) in [4.78, 5) is 155. The second-order valence-corrected chi connectivity index (χ2v) is 30.6. The van der Waals surface area contributed by atoms with Crippen LogP contribution in [0.15, 0.2) is 49.0 Å². The van der Waals surface area contributed by atoms with E-state index in [1.807, 2.05) is 6.92 Å². The molecule has 36 nitrogen and oxygen atoms in total. The Morgan fingerprint density at radius 2 is 0.944 bits per heavy atom. The van der Waals surface area contributed by atoms with Gasteiger partial charge < -0.3 is 92.3 Å². The van der Waals surface area contributed by atoms with E-state index in [1.54, 1.807) is 6.92 Å².